The third-order valence-corrected chi connectivity index (χ3v) is 5.26. The van der Waals surface area contributed by atoms with Crippen LogP contribution in [0.4, 0.5) is 0 Å². The molecule has 0 aromatic heterocycles. The Labute approximate surface area is 128 Å². The fourth-order valence-corrected chi connectivity index (χ4v) is 3.85. The predicted molar refractivity (Wildman–Crippen MR) is 83.8 cm³/mol. The molecule has 4 heteroatoms. The van der Waals surface area contributed by atoms with Crippen molar-refractivity contribution in [2.75, 3.05) is 6.54 Å². The molecule has 1 aliphatic heterocycles. The third kappa shape index (κ3) is 3.58. The van der Waals surface area contributed by atoms with Crippen LogP contribution in [0.15, 0.2) is 0 Å². The van der Waals surface area contributed by atoms with Crippen LogP contribution in [0.25, 0.3) is 0 Å². The van der Waals surface area contributed by atoms with E-state index in [2.05, 4.69) is 19.2 Å². The van der Waals surface area contributed by atoms with Crippen molar-refractivity contribution in [2.45, 2.75) is 77.8 Å². The lowest BCUT2D eigenvalue weighted by molar-refractivity contribution is -0.150. The molecule has 2 aliphatic rings. The normalized spacial score (nSPS) is 34.0. The molecule has 4 unspecified atom stereocenters. The predicted octanol–water partition coefficient (Wildman–Crippen LogP) is 2.72. The average Bonchev–Trinajstić information content (AvgIpc) is 2.46. The first-order valence-electron chi connectivity index (χ1n) is 8.69. The first-order valence-corrected chi connectivity index (χ1v) is 8.69. The number of carbonyl (C=O) groups excluding carboxylic acids is 2. The Bertz CT molecular complexity index is 383. The minimum absolute atomic E-state index is 0.0408. The van der Waals surface area contributed by atoms with Crippen molar-refractivity contribution in [1.82, 2.24) is 10.2 Å². The Morgan fingerprint density at radius 3 is 2.52 bits per heavy atom. The Morgan fingerprint density at radius 2 is 1.90 bits per heavy atom. The average molecular weight is 294 g/mol. The fraction of sp³-hybridized carbons (Fsp3) is 0.882. The Hall–Kier alpha value is -1.06. The second-order valence-corrected chi connectivity index (χ2v) is 6.79. The van der Waals surface area contributed by atoms with Gasteiger partial charge in [0.25, 0.3) is 0 Å². The van der Waals surface area contributed by atoms with Gasteiger partial charge in [-0.05, 0) is 31.1 Å². The highest BCUT2D eigenvalue weighted by Crippen LogP contribution is 2.31. The highest BCUT2D eigenvalue weighted by atomic mass is 16.2. The summed E-state index contributed by atoms with van der Waals surface area (Å²) >= 11 is 0. The summed E-state index contributed by atoms with van der Waals surface area (Å²) in [5.74, 6) is 1.41. The van der Waals surface area contributed by atoms with Crippen molar-refractivity contribution in [3.8, 4) is 0 Å². The summed E-state index contributed by atoms with van der Waals surface area (Å²) in [6.45, 7) is 7.11. The summed E-state index contributed by atoms with van der Waals surface area (Å²) in [7, 11) is 0. The van der Waals surface area contributed by atoms with Gasteiger partial charge in [-0.3, -0.25) is 9.59 Å². The van der Waals surface area contributed by atoms with Crippen molar-refractivity contribution in [1.29, 1.82) is 0 Å². The molecular formula is C17H30N2O2. The molecule has 2 rings (SSSR count). The number of hydrogen-bond acceptors (Lipinski definition) is 2. The topological polar surface area (TPSA) is 49.4 Å². The molecule has 1 saturated carbocycles. The fourth-order valence-electron chi connectivity index (χ4n) is 3.85. The summed E-state index contributed by atoms with van der Waals surface area (Å²) in [4.78, 5) is 26.9. The second-order valence-electron chi connectivity index (χ2n) is 6.79. The van der Waals surface area contributed by atoms with E-state index in [9.17, 15) is 9.59 Å². The van der Waals surface area contributed by atoms with Gasteiger partial charge in [0.2, 0.25) is 11.8 Å². The number of nitrogens with one attached hydrogen (secondary N) is 1. The van der Waals surface area contributed by atoms with Crippen molar-refractivity contribution in [2.24, 2.45) is 11.8 Å². The largest absolute Gasteiger partial charge is 0.343 e. The molecule has 4 nitrogen and oxygen atoms in total. The molecule has 21 heavy (non-hydrogen) atoms. The zero-order chi connectivity index (χ0) is 15.4. The van der Waals surface area contributed by atoms with E-state index in [4.69, 9.17) is 0 Å². The van der Waals surface area contributed by atoms with Gasteiger partial charge in [-0.25, -0.2) is 0 Å². The van der Waals surface area contributed by atoms with Crippen LogP contribution >= 0.6 is 0 Å². The quantitative estimate of drug-likeness (QED) is 0.847. The summed E-state index contributed by atoms with van der Waals surface area (Å²) in [5, 5.41) is 2.92. The Balaban J connectivity index is 2.11. The molecule has 0 aromatic carbocycles. The summed E-state index contributed by atoms with van der Waals surface area (Å²) < 4.78 is 0. The van der Waals surface area contributed by atoms with Gasteiger partial charge in [0, 0.05) is 6.54 Å². The minimum Gasteiger partial charge on any atom is -0.343 e. The van der Waals surface area contributed by atoms with E-state index in [0.29, 0.717) is 18.3 Å². The van der Waals surface area contributed by atoms with Crippen LogP contribution < -0.4 is 5.32 Å². The van der Waals surface area contributed by atoms with Crippen molar-refractivity contribution in [3.05, 3.63) is 0 Å². The molecule has 4 atom stereocenters. The van der Waals surface area contributed by atoms with Gasteiger partial charge in [-0.1, -0.05) is 46.5 Å². The maximum atomic E-state index is 12.7. The van der Waals surface area contributed by atoms with Crippen LogP contribution in [-0.4, -0.2) is 35.3 Å². The molecule has 0 aromatic rings. The van der Waals surface area contributed by atoms with E-state index in [1.807, 2.05) is 11.8 Å². The van der Waals surface area contributed by atoms with E-state index < -0.39 is 0 Å². The van der Waals surface area contributed by atoms with Crippen LogP contribution in [0.3, 0.4) is 0 Å². The third-order valence-electron chi connectivity index (χ3n) is 5.26. The summed E-state index contributed by atoms with van der Waals surface area (Å²) in [5.41, 5.74) is 0. The van der Waals surface area contributed by atoms with Crippen LogP contribution in [-0.2, 0) is 9.59 Å². The Kier molecular flexibility index (Phi) is 5.65. The maximum Gasteiger partial charge on any atom is 0.245 e. The van der Waals surface area contributed by atoms with Gasteiger partial charge < -0.3 is 10.2 Å². The lowest BCUT2D eigenvalue weighted by Gasteiger charge is -2.42. The smallest absolute Gasteiger partial charge is 0.245 e. The number of nitrogens with zero attached hydrogens (tertiary/aromatic N) is 1. The number of amides is 2. The standard InChI is InChI=1S/C17H30N2O2/c1-4-8-14-17(21)19(15(5-2)16(20)18-14)11-13-10-7-6-9-12(13)3/h12-15H,4-11H2,1-3H3,(H,18,20). The first-order chi connectivity index (χ1) is 10.1. The van der Waals surface area contributed by atoms with Crippen LogP contribution in [0.2, 0.25) is 0 Å². The molecule has 1 aliphatic carbocycles. The number of piperazine rings is 1. The second kappa shape index (κ2) is 7.28. The van der Waals surface area contributed by atoms with Gasteiger partial charge in [0.05, 0.1) is 0 Å². The van der Waals surface area contributed by atoms with Gasteiger partial charge >= 0.3 is 0 Å². The number of rotatable bonds is 5. The molecule has 2 amide bonds. The molecule has 2 fully saturated rings. The van der Waals surface area contributed by atoms with E-state index in [0.717, 1.165) is 19.4 Å². The molecule has 0 bridgehead atoms. The van der Waals surface area contributed by atoms with Crippen LogP contribution in [0, 0.1) is 11.8 Å². The maximum absolute atomic E-state index is 12.7. The molecule has 0 spiro atoms. The zero-order valence-corrected chi connectivity index (χ0v) is 13.7. The summed E-state index contributed by atoms with van der Waals surface area (Å²) in [6, 6.07) is -0.566. The van der Waals surface area contributed by atoms with Crippen LogP contribution in [0.1, 0.15) is 65.7 Å². The number of carbonyl (C=O) groups is 2. The molecule has 1 N–H and O–H groups in total. The molecular weight excluding hydrogens is 264 g/mol. The van der Waals surface area contributed by atoms with Crippen LogP contribution in [0.5, 0.6) is 0 Å². The van der Waals surface area contributed by atoms with E-state index in [1.165, 1.54) is 25.7 Å². The summed E-state index contributed by atoms with van der Waals surface area (Å²) in [6.07, 6.45) is 7.39. The molecule has 0 radical (unpaired) electrons. The SMILES string of the molecule is CCCC1NC(=O)C(CC)N(CC2CCCCC2C)C1=O. The van der Waals surface area contributed by atoms with E-state index in [-0.39, 0.29) is 23.9 Å². The van der Waals surface area contributed by atoms with E-state index >= 15 is 0 Å². The number of hydrogen-bond donors (Lipinski definition) is 1. The first kappa shape index (κ1) is 16.3. The molecule has 120 valence electrons. The highest BCUT2D eigenvalue weighted by molar-refractivity contribution is 5.96. The molecule has 1 saturated heterocycles. The monoisotopic (exact) mass is 294 g/mol. The highest BCUT2D eigenvalue weighted by Gasteiger charge is 2.40. The van der Waals surface area contributed by atoms with Crippen molar-refractivity contribution >= 4 is 11.8 Å². The van der Waals surface area contributed by atoms with Gasteiger partial charge in [-0.2, -0.15) is 0 Å². The molecule has 1 heterocycles. The Morgan fingerprint density at radius 1 is 1.19 bits per heavy atom. The lowest BCUT2D eigenvalue weighted by Crippen LogP contribution is -2.64. The minimum atomic E-state index is -0.302. The van der Waals surface area contributed by atoms with Crippen molar-refractivity contribution < 1.29 is 9.59 Å². The zero-order valence-electron chi connectivity index (χ0n) is 13.7. The van der Waals surface area contributed by atoms with Gasteiger partial charge in [-0.15, -0.1) is 0 Å². The lowest BCUT2D eigenvalue weighted by atomic mass is 9.79. The van der Waals surface area contributed by atoms with Gasteiger partial charge in [0.1, 0.15) is 12.1 Å². The van der Waals surface area contributed by atoms with Gasteiger partial charge in [0.15, 0.2) is 0 Å². The van der Waals surface area contributed by atoms with E-state index in [1.54, 1.807) is 0 Å². The van der Waals surface area contributed by atoms with Crippen molar-refractivity contribution in [3.63, 3.8) is 0 Å².